The molecule has 1 unspecified atom stereocenters. The summed E-state index contributed by atoms with van der Waals surface area (Å²) in [5, 5.41) is 15.4. The number of rotatable bonds is 5. The Kier molecular flexibility index (Phi) is 4.93. The van der Waals surface area contributed by atoms with Gasteiger partial charge in [-0.15, -0.1) is 11.3 Å². The fraction of sp³-hybridized carbons (Fsp3) is 0.0714. The Morgan fingerprint density at radius 2 is 1.77 bits per heavy atom. The fourth-order valence-electron chi connectivity index (χ4n) is 4.66. The highest BCUT2D eigenvalue weighted by atomic mass is 32.1. The van der Waals surface area contributed by atoms with E-state index in [1.807, 2.05) is 66.0 Å². The molecular weight excluding hydrogens is 462 g/mol. The van der Waals surface area contributed by atoms with Crippen LogP contribution in [0.4, 0.5) is 5.69 Å². The Morgan fingerprint density at radius 3 is 2.57 bits per heavy atom. The summed E-state index contributed by atoms with van der Waals surface area (Å²) >= 11 is 1.41. The number of benzene rings is 3. The minimum absolute atomic E-state index is 0.0107. The number of ether oxygens (including phenoxy) is 1. The summed E-state index contributed by atoms with van der Waals surface area (Å²) in [6.07, 6.45) is 0. The summed E-state index contributed by atoms with van der Waals surface area (Å²) in [5.41, 5.74) is 1.04. The van der Waals surface area contributed by atoms with Crippen LogP contribution in [0, 0.1) is 0 Å². The number of carbonyl (C=O) groups is 2. The number of carbonyl (C=O) groups excluding carboxylic acids is 2. The molecule has 0 radical (unpaired) electrons. The van der Waals surface area contributed by atoms with Gasteiger partial charge in [-0.2, -0.15) is 0 Å². The van der Waals surface area contributed by atoms with E-state index < -0.39 is 23.5 Å². The van der Waals surface area contributed by atoms with Gasteiger partial charge in [0.15, 0.2) is 22.9 Å². The zero-order chi connectivity index (χ0) is 24.1. The van der Waals surface area contributed by atoms with E-state index in [-0.39, 0.29) is 11.3 Å². The summed E-state index contributed by atoms with van der Waals surface area (Å²) in [6.45, 7) is 0. The van der Waals surface area contributed by atoms with Crippen LogP contribution in [-0.2, 0) is 4.79 Å². The standard InChI is InChI=1S/C28H19NO5S/c1-33-20-12-5-9-17-15-21(34-27(17)20)25(30)23-24(22-13-6-14-35-22)29(28(32)26(23)31)19-11-4-8-16-7-2-3-10-18(16)19/h2-15,24,31H,1H3. The Hall–Kier alpha value is -4.36. The number of aliphatic hydroxyl groups excluding tert-OH is 1. The van der Waals surface area contributed by atoms with Gasteiger partial charge >= 0.3 is 0 Å². The predicted octanol–water partition coefficient (Wildman–Crippen LogP) is 6.44. The molecule has 0 saturated carbocycles. The largest absolute Gasteiger partial charge is 0.503 e. The van der Waals surface area contributed by atoms with E-state index >= 15 is 0 Å². The molecule has 0 aliphatic carbocycles. The molecule has 7 heteroatoms. The normalized spacial score (nSPS) is 16.0. The third-order valence-corrected chi connectivity index (χ3v) is 7.17. The van der Waals surface area contributed by atoms with Gasteiger partial charge in [-0.3, -0.25) is 14.5 Å². The molecule has 6 nitrogen and oxygen atoms in total. The molecule has 3 heterocycles. The number of anilines is 1. The molecule has 35 heavy (non-hydrogen) atoms. The maximum atomic E-state index is 13.8. The van der Waals surface area contributed by atoms with Gasteiger partial charge in [-0.25, -0.2) is 0 Å². The minimum Gasteiger partial charge on any atom is -0.503 e. The molecule has 1 aliphatic rings. The van der Waals surface area contributed by atoms with Crippen molar-refractivity contribution in [2.75, 3.05) is 12.0 Å². The molecule has 1 atom stereocenters. The van der Waals surface area contributed by atoms with Crippen molar-refractivity contribution in [1.29, 1.82) is 0 Å². The van der Waals surface area contributed by atoms with Crippen molar-refractivity contribution in [3.63, 3.8) is 0 Å². The molecule has 0 saturated heterocycles. The SMILES string of the molecule is COc1cccc2cc(C(=O)C3=C(O)C(=O)N(c4cccc5ccccc45)C3c3cccs3)oc12. The number of nitrogens with zero attached hydrogens (tertiary/aromatic N) is 1. The molecule has 0 bridgehead atoms. The van der Waals surface area contributed by atoms with E-state index in [1.54, 1.807) is 18.2 Å². The third kappa shape index (κ3) is 3.24. The van der Waals surface area contributed by atoms with Crippen molar-refractivity contribution in [3.05, 3.63) is 106 Å². The maximum absolute atomic E-state index is 13.8. The number of ketones is 1. The summed E-state index contributed by atoms with van der Waals surface area (Å²) < 4.78 is 11.2. The van der Waals surface area contributed by atoms with E-state index in [1.165, 1.54) is 23.3 Å². The second-order valence-corrected chi connectivity index (χ2v) is 9.15. The monoisotopic (exact) mass is 481 g/mol. The van der Waals surface area contributed by atoms with E-state index in [9.17, 15) is 14.7 Å². The molecule has 6 rings (SSSR count). The van der Waals surface area contributed by atoms with Crippen LogP contribution in [0.1, 0.15) is 21.5 Å². The van der Waals surface area contributed by atoms with Crippen LogP contribution in [0.25, 0.3) is 21.7 Å². The summed E-state index contributed by atoms with van der Waals surface area (Å²) in [4.78, 5) is 29.5. The second kappa shape index (κ2) is 8.14. The van der Waals surface area contributed by atoms with Crippen LogP contribution >= 0.6 is 11.3 Å². The minimum atomic E-state index is -0.795. The fourth-order valence-corrected chi connectivity index (χ4v) is 5.49. The van der Waals surface area contributed by atoms with E-state index in [0.29, 0.717) is 22.4 Å². The van der Waals surface area contributed by atoms with E-state index in [4.69, 9.17) is 9.15 Å². The van der Waals surface area contributed by atoms with Crippen molar-refractivity contribution in [2.24, 2.45) is 0 Å². The van der Waals surface area contributed by atoms with Crippen molar-refractivity contribution in [1.82, 2.24) is 0 Å². The van der Waals surface area contributed by atoms with E-state index in [0.717, 1.165) is 15.6 Å². The molecule has 1 amide bonds. The van der Waals surface area contributed by atoms with Crippen LogP contribution in [0.3, 0.4) is 0 Å². The average molecular weight is 482 g/mol. The number of amides is 1. The zero-order valence-electron chi connectivity index (χ0n) is 18.6. The van der Waals surface area contributed by atoms with Crippen LogP contribution in [0.15, 0.2) is 100.0 Å². The summed E-state index contributed by atoms with van der Waals surface area (Å²) in [6, 6.07) is 23.2. The number of furan rings is 1. The Bertz CT molecular complexity index is 1640. The van der Waals surface area contributed by atoms with Gasteiger partial charge in [0.05, 0.1) is 18.4 Å². The molecule has 0 spiro atoms. The first-order valence-corrected chi connectivity index (χ1v) is 11.9. The highest BCUT2D eigenvalue weighted by molar-refractivity contribution is 7.10. The molecule has 1 aliphatic heterocycles. The lowest BCUT2D eigenvalue weighted by Gasteiger charge is -2.26. The number of thiophene rings is 1. The number of Topliss-reactive ketones (excluding diaryl/α,β-unsaturated/α-hetero) is 1. The lowest BCUT2D eigenvalue weighted by Crippen LogP contribution is -2.30. The first-order valence-electron chi connectivity index (χ1n) is 11.0. The number of aliphatic hydroxyl groups is 1. The molecular formula is C28H19NO5S. The molecule has 2 aromatic heterocycles. The van der Waals surface area contributed by atoms with Gasteiger partial charge in [0.2, 0.25) is 5.78 Å². The Balaban J connectivity index is 1.52. The number of hydrogen-bond donors (Lipinski definition) is 1. The molecule has 3 aromatic carbocycles. The van der Waals surface area contributed by atoms with Gasteiger partial charge in [0.25, 0.3) is 5.91 Å². The number of para-hydroxylation sites is 1. The predicted molar refractivity (Wildman–Crippen MR) is 135 cm³/mol. The zero-order valence-corrected chi connectivity index (χ0v) is 19.4. The summed E-state index contributed by atoms with van der Waals surface area (Å²) in [5.74, 6) is -1.23. The van der Waals surface area contributed by atoms with Crippen LogP contribution < -0.4 is 9.64 Å². The van der Waals surface area contributed by atoms with Crippen molar-refractivity contribution < 1.29 is 23.8 Å². The Labute approximate surface area is 204 Å². The lowest BCUT2D eigenvalue weighted by molar-refractivity contribution is -0.117. The maximum Gasteiger partial charge on any atom is 0.294 e. The van der Waals surface area contributed by atoms with Gasteiger partial charge in [0.1, 0.15) is 6.04 Å². The van der Waals surface area contributed by atoms with Crippen LogP contribution in [-0.4, -0.2) is 23.9 Å². The van der Waals surface area contributed by atoms with Gasteiger partial charge in [-0.05, 0) is 35.0 Å². The quantitative estimate of drug-likeness (QED) is 0.292. The number of fused-ring (bicyclic) bond motifs is 2. The van der Waals surface area contributed by atoms with Gasteiger partial charge < -0.3 is 14.3 Å². The molecule has 172 valence electrons. The molecule has 1 N–H and O–H groups in total. The number of hydrogen-bond acceptors (Lipinski definition) is 6. The Morgan fingerprint density at radius 1 is 1.00 bits per heavy atom. The van der Waals surface area contributed by atoms with Crippen LogP contribution in [0.2, 0.25) is 0 Å². The van der Waals surface area contributed by atoms with Crippen molar-refractivity contribution in [2.45, 2.75) is 6.04 Å². The van der Waals surface area contributed by atoms with E-state index in [2.05, 4.69) is 0 Å². The third-order valence-electron chi connectivity index (χ3n) is 6.24. The molecule has 0 fully saturated rings. The summed E-state index contributed by atoms with van der Waals surface area (Å²) in [7, 11) is 1.53. The van der Waals surface area contributed by atoms with Crippen molar-refractivity contribution in [3.8, 4) is 5.75 Å². The highest BCUT2D eigenvalue weighted by Crippen LogP contribution is 2.45. The first-order chi connectivity index (χ1) is 17.1. The van der Waals surface area contributed by atoms with Gasteiger partial charge in [0, 0.05) is 15.6 Å². The topological polar surface area (TPSA) is 80.0 Å². The lowest BCUT2D eigenvalue weighted by atomic mass is 9.99. The number of methoxy groups -OCH3 is 1. The van der Waals surface area contributed by atoms with Crippen molar-refractivity contribution >= 4 is 50.5 Å². The van der Waals surface area contributed by atoms with Gasteiger partial charge in [-0.1, -0.05) is 54.6 Å². The van der Waals surface area contributed by atoms with Crippen LogP contribution in [0.5, 0.6) is 5.75 Å². The smallest absolute Gasteiger partial charge is 0.294 e. The highest BCUT2D eigenvalue weighted by Gasteiger charge is 2.46. The second-order valence-electron chi connectivity index (χ2n) is 8.17. The molecule has 5 aromatic rings. The average Bonchev–Trinajstić information content (AvgIpc) is 3.62. The first kappa shape index (κ1) is 21.2.